The molecule has 0 atom stereocenters. The number of pyridine rings is 1. The van der Waals surface area contributed by atoms with Gasteiger partial charge < -0.3 is 0 Å². The number of aromatic nitrogens is 1. The SMILES string of the molecule is O=Cc1cccc(-c2ccnc3ccsc23)c1. The van der Waals surface area contributed by atoms with Gasteiger partial charge in [0, 0.05) is 17.3 Å². The number of carbonyl (C=O) groups excluding carboxylic acids is 1. The van der Waals surface area contributed by atoms with E-state index < -0.39 is 0 Å². The second-order valence-electron chi connectivity index (χ2n) is 3.74. The van der Waals surface area contributed by atoms with Crippen molar-refractivity contribution in [2.24, 2.45) is 0 Å². The first kappa shape index (κ1) is 10.2. The Morgan fingerprint density at radius 1 is 1.18 bits per heavy atom. The minimum atomic E-state index is 0.698. The van der Waals surface area contributed by atoms with Crippen LogP contribution in [0.1, 0.15) is 10.4 Å². The highest BCUT2D eigenvalue weighted by atomic mass is 32.1. The second kappa shape index (κ2) is 4.11. The van der Waals surface area contributed by atoms with Gasteiger partial charge in [-0.2, -0.15) is 0 Å². The molecular formula is C14H9NOS. The van der Waals surface area contributed by atoms with Gasteiger partial charge in [-0.05, 0) is 29.1 Å². The summed E-state index contributed by atoms with van der Waals surface area (Å²) in [5.74, 6) is 0. The summed E-state index contributed by atoms with van der Waals surface area (Å²) in [7, 11) is 0. The highest BCUT2D eigenvalue weighted by molar-refractivity contribution is 7.17. The van der Waals surface area contributed by atoms with Crippen LogP contribution in [0.4, 0.5) is 0 Å². The largest absolute Gasteiger partial charge is 0.298 e. The minimum Gasteiger partial charge on any atom is -0.298 e. The molecule has 0 aliphatic carbocycles. The van der Waals surface area contributed by atoms with E-state index >= 15 is 0 Å². The highest BCUT2D eigenvalue weighted by Crippen LogP contribution is 2.31. The molecule has 1 aromatic carbocycles. The van der Waals surface area contributed by atoms with Gasteiger partial charge in [-0.15, -0.1) is 11.3 Å². The number of rotatable bonds is 2. The number of hydrogen-bond acceptors (Lipinski definition) is 3. The van der Waals surface area contributed by atoms with Gasteiger partial charge in [0.05, 0.1) is 10.2 Å². The summed E-state index contributed by atoms with van der Waals surface area (Å²) in [6.07, 6.45) is 2.67. The van der Waals surface area contributed by atoms with E-state index in [0.717, 1.165) is 27.6 Å². The molecule has 3 heteroatoms. The average molecular weight is 239 g/mol. The van der Waals surface area contributed by atoms with Crippen LogP contribution in [0.15, 0.2) is 48.0 Å². The Morgan fingerprint density at radius 2 is 2.12 bits per heavy atom. The van der Waals surface area contributed by atoms with Gasteiger partial charge in [-0.3, -0.25) is 9.78 Å². The Bertz CT molecular complexity index is 687. The molecule has 17 heavy (non-hydrogen) atoms. The molecule has 0 saturated heterocycles. The van der Waals surface area contributed by atoms with Crippen molar-refractivity contribution in [3.05, 3.63) is 53.5 Å². The number of benzene rings is 1. The van der Waals surface area contributed by atoms with E-state index in [9.17, 15) is 4.79 Å². The third-order valence-corrected chi connectivity index (χ3v) is 3.61. The Morgan fingerprint density at radius 3 is 3.00 bits per heavy atom. The maximum Gasteiger partial charge on any atom is 0.150 e. The zero-order chi connectivity index (χ0) is 11.7. The Balaban J connectivity index is 2.26. The molecular weight excluding hydrogens is 230 g/mol. The average Bonchev–Trinajstić information content (AvgIpc) is 2.87. The first-order valence-electron chi connectivity index (χ1n) is 5.26. The molecule has 3 rings (SSSR count). The monoisotopic (exact) mass is 239 g/mol. The molecule has 3 aromatic rings. The van der Waals surface area contributed by atoms with Crippen molar-refractivity contribution < 1.29 is 4.79 Å². The quantitative estimate of drug-likeness (QED) is 0.637. The predicted molar refractivity (Wildman–Crippen MR) is 70.4 cm³/mol. The molecule has 0 aliphatic heterocycles. The molecule has 0 amide bonds. The molecule has 2 aromatic heterocycles. The molecule has 0 unspecified atom stereocenters. The van der Waals surface area contributed by atoms with Crippen LogP contribution in [0.3, 0.4) is 0 Å². The lowest BCUT2D eigenvalue weighted by molar-refractivity contribution is 0.112. The van der Waals surface area contributed by atoms with Crippen LogP contribution in [0, 0.1) is 0 Å². The van der Waals surface area contributed by atoms with Crippen molar-refractivity contribution in [3.8, 4) is 11.1 Å². The third kappa shape index (κ3) is 1.74. The summed E-state index contributed by atoms with van der Waals surface area (Å²) in [6.45, 7) is 0. The van der Waals surface area contributed by atoms with E-state index in [1.165, 1.54) is 0 Å². The topological polar surface area (TPSA) is 30.0 Å². The van der Waals surface area contributed by atoms with Crippen molar-refractivity contribution in [3.63, 3.8) is 0 Å². The Hall–Kier alpha value is -2.00. The number of fused-ring (bicyclic) bond motifs is 1. The molecule has 0 radical (unpaired) electrons. The first-order valence-corrected chi connectivity index (χ1v) is 6.14. The van der Waals surface area contributed by atoms with Crippen molar-refractivity contribution in [2.75, 3.05) is 0 Å². The van der Waals surface area contributed by atoms with E-state index in [2.05, 4.69) is 4.98 Å². The molecule has 0 N–H and O–H groups in total. The number of hydrogen-bond donors (Lipinski definition) is 0. The molecule has 0 fully saturated rings. The molecule has 0 saturated carbocycles. The standard InChI is InChI=1S/C14H9NOS/c16-9-10-2-1-3-11(8-10)12-4-6-15-13-5-7-17-14(12)13/h1-9H. The molecule has 0 aliphatic rings. The van der Waals surface area contributed by atoms with Crippen LogP contribution in [0.25, 0.3) is 21.3 Å². The summed E-state index contributed by atoms with van der Waals surface area (Å²) in [5, 5.41) is 2.03. The normalized spacial score (nSPS) is 10.6. The van der Waals surface area contributed by atoms with Gasteiger partial charge >= 0.3 is 0 Å². The number of aldehydes is 1. The van der Waals surface area contributed by atoms with Crippen molar-refractivity contribution >= 4 is 27.8 Å². The third-order valence-electron chi connectivity index (χ3n) is 2.68. The summed E-state index contributed by atoms with van der Waals surface area (Å²) in [4.78, 5) is 15.1. The fourth-order valence-electron chi connectivity index (χ4n) is 1.88. The Labute approximate surface area is 103 Å². The first-order chi connectivity index (χ1) is 8.38. The van der Waals surface area contributed by atoms with Gasteiger partial charge in [0.2, 0.25) is 0 Å². The van der Waals surface area contributed by atoms with E-state index in [1.807, 2.05) is 41.8 Å². The van der Waals surface area contributed by atoms with Crippen LogP contribution in [-0.2, 0) is 0 Å². The van der Waals surface area contributed by atoms with Crippen molar-refractivity contribution in [1.29, 1.82) is 0 Å². The summed E-state index contributed by atoms with van der Waals surface area (Å²) in [6, 6.07) is 11.6. The van der Waals surface area contributed by atoms with Crippen LogP contribution in [0.5, 0.6) is 0 Å². The van der Waals surface area contributed by atoms with Crippen molar-refractivity contribution in [1.82, 2.24) is 4.98 Å². The second-order valence-corrected chi connectivity index (χ2v) is 4.65. The van der Waals surface area contributed by atoms with E-state index in [1.54, 1.807) is 17.5 Å². The smallest absolute Gasteiger partial charge is 0.150 e. The lowest BCUT2D eigenvalue weighted by atomic mass is 10.0. The molecule has 2 nitrogen and oxygen atoms in total. The summed E-state index contributed by atoms with van der Waals surface area (Å²) in [5.41, 5.74) is 3.89. The zero-order valence-electron chi connectivity index (χ0n) is 8.96. The van der Waals surface area contributed by atoms with E-state index in [4.69, 9.17) is 0 Å². The molecule has 82 valence electrons. The number of nitrogens with zero attached hydrogens (tertiary/aromatic N) is 1. The fourth-order valence-corrected chi connectivity index (χ4v) is 2.77. The van der Waals surface area contributed by atoms with Crippen LogP contribution < -0.4 is 0 Å². The lowest BCUT2D eigenvalue weighted by Crippen LogP contribution is -1.83. The van der Waals surface area contributed by atoms with Gasteiger partial charge in [0.15, 0.2) is 0 Å². The molecule has 0 bridgehead atoms. The number of carbonyl (C=O) groups is 1. The van der Waals surface area contributed by atoms with Gasteiger partial charge in [0.25, 0.3) is 0 Å². The summed E-state index contributed by atoms with van der Waals surface area (Å²) < 4.78 is 1.16. The van der Waals surface area contributed by atoms with Gasteiger partial charge in [-0.1, -0.05) is 18.2 Å². The van der Waals surface area contributed by atoms with Crippen LogP contribution in [-0.4, -0.2) is 11.3 Å². The zero-order valence-corrected chi connectivity index (χ0v) is 9.78. The Kier molecular flexibility index (Phi) is 2.46. The maximum atomic E-state index is 10.8. The van der Waals surface area contributed by atoms with E-state index in [-0.39, 0.29) is 0 Å². The fraction of sp³-hybridized carbons (Fsp3) is 0. The summed E-state index contributed by atoms with van der Waals surface area (Å²) >= 11 is 1.67. The molecule has 2 heterocycles. The van der Waals surface area contributed by atoms with E-state index in [0.29, 0.717) is 5.56 Å². The maximum absolute atomic E-state index is 10.8. The predicted octanol–water partition coefficient (Wildman–Crippen LogP) is 3.78. The minimum absolute atomic E-state index is 0.698. The lowest BCUT2D eigenvalue weighted by Gasteiger charge is -2.03. The van der Waals surface area contributed by atoms with Crippen molar-refractivity contribution in [2.45, 2.75) is 0 Å². The van der Waals surface area contributed by atoms with Crippen LogP contribution in [0.2, 0.25) is 0 Å². The van der Waals surface area contributed by atoms with Gasteiger partial charge in [0.1, 0.15) is 6.29 Å². The highest BCUT2D eigenvalue weighted by Gasteiger charge is 2.05. The molecule has 0 spiro atoms. The van der Waals surface area contributed by atoms with Gasteiger partial charge in [-0.25, -0.2) is 0 Å². The van der Waals surface area contributed by atoms with Crippen LogP contribution >= 0.6 is 11.3 Å². The number of thiophene rings is 1.